The summed E-state index contributed by atoms with van der Waals surface area (Å²) in [6.45, 7) is 2.02. The molecule has 0 amide bonds. The van der Waals surface area contributed by atoms with Gasteiger partial charge >= 0.3 is 0 Å². The Hall–Kier alpha value is -2.01. The highest BCUT2D eigenvalue weighted by Crippen LogP contribution is 2.30. The number of anilines is 1. The summed E-state index contributed by atoms with van der Waals surface area (Å²) >= 11 is 1.59. The molecule has 0 fully saturated rings. The van der Waals surface area contributed by atoms with Crippen LogP contribution in [0.15, 0.2) is 29.6 Å². The molecule has 0 aliphatic heterocycles. The van der Waals surface area contributed by atoms with Crippen LogP contribution >= 0.6 is 11.3 Å². The van der Waals surface area contributed by atoms with Gasteiger partial charge in [0.25, 0.3) is 0 Å². The van der Waals surface area contributed by atoms with E-state index < -0.39 is 0 Å². The van der Waals surface area contributed by atoms with Gasteiger partial charge in [0, 0.05) is 18.5 Å². The molecule has 1 N–H and O–H groups in total. The van der Waals surface area contributed by atoms with Gasteiger partial charge < -0.3 is 5.32 Å². The Balaban J connectivity index is 2.30. The third-order valence-electron chi connectivity index (χ3n) is 2.96. The van der Waals surface area contributed by atoms with Crippen molar-refractivity contribution in [3.63, 3.8) is 0 Å². The number of thiophene rings is 1. The molecule has 1 aromatic carbocycles. The summed E-state index contributed by atoms with van der Waals surface area (Å²) in [5, 5.41) is 5.87. The largest absolute Gasteiger partial charge is 0.373 e. The molecule has 0 radical (unpaired) electrons. The molecule has 3 nitrogen and oxygen atoms in total. The summed E-state index contributed by atoms with van der Waals surface area (Å²) in [7, 11) is 1.80. The fraction of sp³-hybridized carbons (Fsp3) is 0.143. The van der Waals surface area contributed by atoms with E-state index in [0.717, 1.165) is 15.8 Å². The number of halogens is 1. The Bertz CT molecular complexity index is 752. The van der Waals surface area contributed by atoms with Crippen LogP contribution in [-0.2, 0) is 0 Å². The van der Waals surface area contributed by atoms with E-state index in [9.17, 15) is 4.39 Å². The molecule has 0 atom stereocenters. The van der Waals surface area contributed by atoms with Crippen LogP contribution in [-0.4, -0.2) is 17.0 Å². The first kappa shape index (κ1) is 12.0. The number of benzene rings is 1. The van der Waals surface area contributed by atoms with Gasteiger partial charge in [-0.15, -0.1) is 11.3 Å². The fourth-order valence-corrected chi connectivity index (χ4v) is 2.86. The highest BCUT2D eigenvalue weighted by Gasteiger charge is 2.11. The van der Waals surface area contributed by atoms with Crippen LogP contribution in [0.4, 0.5) is 10.2 Å². The molecular formula is C14H12FN3S. The molecule has 2 aromatic heterocycles. The summed E-state index contributed by atoms with van der Waals surface area (Å²) in [5.74, 6) is 1.06. The van der Waals surface area contributed by atoms with E-state index >= 15 is 0 Å². The minimum Gasteiger partial charge on any atom is -0.373 e. The van der Waals surface area contributed by atoms with Gasteiger partial charge in [-0.2, -0.15) is 0 Å². The van der Waals surface area contributed by atoms with Crippen molar-refractivity contribution in [1.82, 2.24) is 9.97 Å². The lowest BCUT2D eigenvalue weighted by molar-refractivity contribution is 0.629. The Labute approximate surface area is 114 Å². The fourth-order valence-electron chi connectivity index (χ4n) is 2.00. The normalized spacial score (nSPS) is 10.9. The second-order valence-electron chi connectivity index (χ2n) is 4.24. The maximum atomic E-state index is 13.3. The number of aryl methyl sites for hydroxylation is 1. The van der Waals surface area contributed by atoms with Crippen molar-refractivity contribution in [3.05, 3.63) is 41.0 Å². The Morgan fingerprint density at radius 1 is 1.21 bits per heavy atom. The lowest BCUT2D eigenvalue weighted by Gasteiger charge is -2.07. The number of nitrogens with zero attached hydrogens (tertiary/aromatic N) is 2. The highest BCUT2D eigenvalue weighted by molar-refractivity contribution is 7.13. The molecule has 3 aromatic rings. The van der Waals surface area contributed by atoms with Crippen LogP contribution in [0.1, 0.15) is 5.56 Å². The summed E-state index contributed by atoms with van der Waals surface area (Å²) in [5.41, 5.74) is 1.74. The van der Waals surface area contributed by atoms with Gasteiger partial charge in [-0.3, -0.25) is 0 Å². The number of hydrogen-bond donors (Lipinski definition) is 1. The average Bonchev–Trinajstić information content (AvgIpc) is 2.83. The number of aromatic nitrogens is 2. The molecular weight excluding hydrogens is 261 g/mol. The topological polar surface area (TPSA) is 37.8 Å². The first-order chi connectivity index (χ1) is 9.19. The predicted molar refractivity (Wildman–Crippen MR) is 77.1 cm³/mol. The molecule has 0 aliphatic carbocycles. The second-order valence-corrected chi connectivity index (χ2v) is 5.16. The molecule has 2 heterocycles. The van der Waals surface area contributed by atoms with Crippen LogP contribution in [0.2, 0.25) is 0 Å². The average molecular weight is 273 g/mol. The lowest BCUT2D eigenvalue weighted by atomic mass is 10.2. The summed E-state index contributed by atoms with van der Waals surface area (Å²) in [6, 6.07) is 6.58. The summed E-state index contributed by atoms with van der Waals surface area (Å²) in [4.78, 5) is 10.0. The first-order valence-corrected chi connectivity index (χ1v) is 6.76. The monoisotopic (exact) mass is 273 g/mol. The van der Waals surface area contributed by atoms with Crippen molar-refractivity contribution in [2.24, 2.45) is 0 Å². The van der Waals surface area contributed by atoms with Crippen molar-refractivity contribution in [1.29, 1.82) is 0 Å². The van der Waals surface area contributed by atoms with Crippen LogP contribution in [0.25, 0.3) is 21.6 Å². The molecule has 0 saturated carbocycles. The van der Waals surface area contributed by atoms with Crippen molar-refractivity contribution < 1.29 is 4.39 Å². The molecule has 5 heteroatoms. The van der Waals surface area contributed by atoms with Gasteiger partial charge in [0.15, 0.2) is 5.82 Å². The molecule has 0 aliphatic rings. The van der Waals surface area contributed by atoms with E-state index in [1.807, 2.05) is 18.4 Å². The van der Waals surface area contributed by atoms with E-state index in [-0.39, 0.29) is 5.82 Å². The molecule has 96 valence electrons. The Kier molecular flexibility index (Phi) is 2.91. The van der Waals surface area contributed by atoms with E-state index in [0.29, 0.717) is 17.2 Å². The van der Waals surface area contributed by atoms with E-state index in [2.05, 4.69) is 15.3 Å². The van der Waals surface area contributed by atoms with Crippen molar-refractivity contribution in [2.75, 3.05) is 12.4 Å². The number of fused-ring (bicyclic) bond motifs is 1. The molecule has 0 bridgehead atoms. The number of nitrogens with one attached hydrogen (secondary N) is 1. The SMILES string of the molecule is CNc1nc(-c2sccc2C)nc2cc(F)ccc12. The molecule has 0 unspecified atom stereocenters. The molecule has 0 spiro atoms. The standard InChI is InChI=1S/C14H12FN3S/c1-8-5-6-19-12(8)14-17-11-7-9(15)3-4-10(11)13(16-2)18-14/h3-7H,1-2H3,(H,16,17,18). The van der Waals surface area contributed by atoms with E-state index in [1.54, 1.807) is 24.5 Å². The zero-order valence-electron chi connectivity index (χ0n) is 10.6. The molecule has 0 saturated heterocycles. The van der Waals surface area contributed by atoms with Crippen molar-refractivity contribution >= 4 is 28.1 Å². The van der Waals surface area contributed by atoms with Gasteiger partial charge in [0.1, 0.15) is 11.6 Å². The van der Waals surface area contributed by atoms with Crippen LogP contribution in [0, 0.1) is 12.7 Å². The summed E-state index contributed by atoms with van der Waals surface area (Å²) < 4.78 is 13.3. The third kappa shape index (κ3) is 2.06. The maximum Gasteiger partial charge on any atom is 0.172 e. The minimum atomic E-state index is -0.290. The van der Waals surface area contributed by atoms with Gasteiger partial charge in [0.05, 0.1) is 10.4 Å². The maximum absolute atomic E-state index is 13.3. The first-order valence-electron chi connectivity index (χ1n) is 5.88. The van der Waals surface area contributed by atoms with Crippen molar-refractivity contribution in [3.8, 4) is 10.7 Å². The van der Waals surface area contributed by atoms with Gasteiger partial charge in [0.2, 0.25) is 0 Å². The molecule has 3 rings (SSSR count). The lowest BCUT2D eigenvalue weighted by Crippen LogP contribution is -1.98. The Morgan fingerprint density at radius 3 is 2.74 bits per heavy atom. The minimum absolute atomic E-state index is 0.290. The summed E-state index contributed by atoms with van der Waals surface area (Å²) in [6.07, 6.45) is 0. The van der Waals surface area contributed by atoms with E-state index in [4.69, 9.17) is 0 Å². The zero-order chi connectivity index (χ0) is 13.4. The Morgan fingerprint density at radius 2 is 2.05 bits per heavy atom. The number of rotatable bonds is 2. The van der Waals surface area contributed by atoms with Crippen molar-refractivity contribution in [2.45, 2.75) is 6.92 Å². The van der Waals surface area contributed by atoms with Crippen LogP contribution in [0.5, 0.6) is 0 Å². The zero-order valence-corrected chi connectivity index (χ0v) is 11.4. The number of hydrogen-bond acceptors (Lipinski definition) is 4. The van der Waals surface area contributed by atoms with Crippen LogP contribution in [0.3, 0.4) is 0 Å². The van der Waals surface area contributed by atoms with Gasteiger partial charge in [-0.25, -0.2) is 14.4 Å². The van der Waals surface area contributed by atoms with Gasteiger partial charge in [-0.05, 0) is 36.1 Å². The quantitative estimate of drug-likeness (QED) is 0.770. The molecule has 19 heavy (non-hydrogen) atoms. The highest BCUT2D eigenvalue weighted by atomic mass is 32.1. The second kappa shape index (κ2) is 4.59. The van der Waals surface area contributed by atoms with Gasteiger partial charge in [-0.1, -0.05) is 0 Å². The predicted octanol–water partition coefficient (Wildman–Crippen LogP) is 3.85. The van der Waals surface area contributed by atoms with Crippen LogP contribution < -0.4 is 5.32 Å². The third-order valence-corrected chi connectivity index (χ3v) is 3.97. The smallest absolute Gasteiger partial charge is 0.172 e. The van der Waals surface area contributed by atoms with E-state index in [1.165, 1.54) is 12.1 Å².